The van der Waals surface area contributed by atoms with Gasteiger partial charge in [-0.05, 0) is 37.0 Å². The third kappa shape index (κ3) is 4.51. The number of para-hydroxylation sites is 1. The van der Waals surface area contributed by atoms with Crippen molar-refractivity contribution in [3.05, 3.63) is 82.5 Å². The van der Waals surface area contributed by atoms with Crippen LogP contribution in [-0.2, 0) is 17.6 Å². The van der Waals surface area contributed by atoms with Gasteiger partial charge >= 0.3 is 0 Å². The topological polar surface area (TPSA) is 55.6 Å². The first kappa shape index (κ1) is 20.5. The standard InChI is InChI=1S/C24H25ClN2O3/c1-29-22-12-5-3-9-18(22)15-23(28)27-13-7-6-11-21(27)24-26-16-19(30-24)14-17-8-2-4-10-20(17)25/h2-5,8-10,12,16,21H,6-7,11,13-15H2,1H3. The summed E-state index contributed by atoms with van der Waals surface area (Å²) in [5, 5.41) is 0.710. The monoisotopic (exact) mass is 424 g/mol. The number of carbonyl (C=O) groups excluding carboxylic acids is 1. The Bertz CT molecular complexity index is 1020. The summed E-state index contributed by atoms with van der Waals surface area (Å²) in [5.74, 6) is 2.15. The van der Waals surface area contributed by atoms with Crippen molar-refractivity contribution in [1.82, 2.24) is 9.88 Å². The Morgan fingerprint density at radius 1 is 1.17 bits per heavy atom. The molecule has 1 amide bonds. The zero-order valence-electron chi connectivity index (χ0n) is 17.0. The molecule has 2 aromatic carbocycles. The highest BCUT2D eigenvalue weighted by atomic mass is 35.5. The van der Waals surface area contributed by atoms with Crippen molar-refractivity contribution in [2.24, 2.45) is 0 Å². The molecule has 0 bridgehead atoms. The number of rotatable bonds is 6. The molecule has 5 nitrogen and oxygen atoms in total. The summed E-state index contributed by atoms with van der Waals surface area (Å²) in [6, 6.07) is 15.2. The fourth-order valence-electron chi connectivity index (χ4n) is 3.99. The number of methoxy groups -OCH3 is 1. The molecule has 0 N–H and O–H groups in total. The van der Waals surface area contributed by atoms with Gasteiger partial charge in [0.25, 0.3) is 0 Å². The minimum absolute atomic E-state index is 0.0649. The Labute approximate surface area is 181 Å². The first-order valence-corrected chi connectivity index (χ1v) is 10.6. The molecule has 3 aromatic rings. The Balaban J connectivity index is 1.50. The van der Waals surface area contributed by atoms with Crippen molar-refractivity contribution in [3.8, 4) is 5.75 Å². The Kier molecular flexibility index (Phi) is 6.38. The second kappa shape index (κ2) is 9.35. The fraction of sp³-hybridized carbons (Fsp3) is 0.333. The Morgan fingerprint density at radius 2 is 1.93 bits per heavy atom. The molecule has 1 unspecified atom stereocenters. The molecule has 6 heteroatoms. The third-order valence-corrected chi connectivity index (χ3v) is 5.91. The van der Waals surface area contributed by atoms with E-state index in [0.29, 0.717) is 30.3 Å². The average Bonchev–Trinajstić information content (AvgIpc) is 3.24. The van der Waals surface area contributed by atoms with Gasteiger partial charge < -0.3 is 14.1 Å². The zero-order valence-corrected chi connectivity index (χ0v) is 17.8. The fourth-order valence-corrected chi connectivity index (χ4v) is 4.19. The summed E-state index contributed by atoms with van der Waals surface area (Å²) in [7, 11) is 1.63. The van der Waals surface area contributed by atoms with Crippen LogP contribution in [0.15, 0.2) is 59.1 Å². The summed E-state index contributed by atoms with van der Waals surface area (Å²) in [4.78, 5) is 19.6. The highest BCUT2D eigenvalue weighted by Gasteiger charge is 2.31. The van der Waals surface area contributed by atoms with E-state index in [1.54, 1.807) is 13.3 Å². The first-order chi connectivity index (χ1) is 14.7. The number of likely N-dealkylation sites (tertiary alicyclic amines) is 1. The van der Waals surface area contributed by atoms with Crippen LogP contribution >= 0.6 is 11.6 Å². The van der Waals surface area contributed by atoms with Crippen molar-refractivity contribution in [1.29, 1.82) is 0 Å². The highest BCUT2D eigenvalue weighted by Crippen LogP contribution is 2.32. The molecule has 0 aliphatic carbocycles. The van der Waals surface area contributed by atoms with Gasteiger partial charge in [0, 0.05) is 23.6 Å². The molecule has 30 heavy (non-hydrogen) atoms. The number of amides is 1. The van der Waals surface area contributed by atoms with Crippen molar-refractivity contribution in [2.75, 3.05) is 13.7 Å². The van der Waals surface area contributed by atoms with Crippen LogP contribution in [0.25, 0.3) is 0 Å². The SMILES string of the molecule is COc1ccccc1CC(=O)N1CCCCC1c1ncc(Cc2ccccc2Cl)o1. The molecule has 1 atom stereocenters. The third-order valence-electron chi connectivity index (χ3n) is 5.54. The maximum Gasteiger partial charge on any atom is 0.227 e. The lowest BCUT2D eigenvalue weighted by Gasteiger charge is -2.34. The summed E-state index contributed by atoms with van der Waals surface area (Å²) in [6.45, 7) is 0.709. The van der Waals surface area contributed by atoms with E-state index in [-0.39, 0.29) is 11.9 Å². The van der Waals surface area contributed by atoms with E-state index in [9.17, 15) is 4.79 Å². The quantitative estimate of drug-likeness (QED) is 0.544. The van der Waals surface area contributed by atoms with Crippen LogP contribution in [-0.4, -0.2) is 29.4 Å². The Hall–Kier alpha value is -2.79. The maximum absolute atomic E-state index is 13.1. The van der Waals surface area contributed by atoms with Gasteiger partial charge in [0.2, 0.25) is 11.8 Å². The smallest absolute Gasteiger partial charge is 0.227 e. The first-order valence-electron chi connectivity index (χ1n) is 10.2. The maximum atomic E-state index is 13.1. The summed E-state index contributed by atoms with van der Waals surface area (Å²) in [6.07, 6.45) is 5.51. The summed E-state index contributed by atoms with van der Waals surface area (Å²) >= 11 is 6.27. The number of carbonyl (C=O) groups is 1. The lowest BCUT2D eigenvalue weighted by atomic mass is 10.0. The second-order valence-corrected chi connectivity index (χ2v) is 7.93. The van der Waals surface area contributed by atoms with E-state index in [2.05, 4.69) is 4.98 Å². The van der Waals surface area contributed by atoms with Crippen LogP contribution in [0.4, 0.5) is 0 Å². The lowest BCUT2D eigenvalue weighted by molar-refractivity contribution is -0.135. The minimum atomic E-state index is -0.138. The van der Waals surface area contributed by atoms with Gasteiger partial charge in [-0.2, -0.15) is 0 Å². The Morgan fingerprint density at radius 3 is 2.73 bits per heavy atom. The number of hydrogen-bond acceptors (Lipinski definition) is 4. The van der Waals surface area contributed by atoms with Gasteiger partial charge in [-0.3, -0.25) is 4.79 Å². The molecule has 156 valence electrons. The van der Waals surface area contributed by atoms with Crippen LogP contribution in [0.3, 0.4) is 0 Å². The highest BCUT2D eigenvalue weighted by molar-refractivity contribution is 6.31. The number of benzene rings is 2. The molecule has 1 aliphatic rings. The van der Waals surface area contributed by atoms with Gasteiger partial charge in [0.1, 0.15) is 17.6 Å². The molecule has 1 aliphatic heterocycles. The van der Waals surface area contributed by atoms with Gasteiger partial charge in [-0.1, -0.05) is 48.0 Å². The van der Waals surface area contributed by atoms with E-state index in [1.807, 2.05) is 53.4 Å². The minimum Gasteiger partial charge on any atom is -0.496 e. The predicted octanol–water partition coefficient (Wildman–Crippen LogP) is 5.22. The molecule has 1 saturated heterocycles. The van der Waals surface area contributed by atoms with Gasteiger partial charge in [0.05, 0.1) is 19.7 Å². The number of halogens is 1. The van der Waals surface area contributed by atoms with E-state index < -0.39 is 0 Å². The average molecular weight is 425 g/mol. The van der Waals surface area contributed by atoms with Crippen molar-refractivity contribution in [3.63, 3.8) is 0 Å². The largest absolute Gasteiger partial charge is 0.496 e. The molecular formula is C24H25ClN2O3. The number of aromatic nitrogens is 1. The summed E-state index contributed by atoms with van der Waals surface area (Å²) in [5.41, 5.74) is 1.88. The number of ether oxygens (including phenoxy) is 1. The molecule has 0 saturated carbocycles. The molecule has 0 radical (unpaired) electrons. The van der Waals surface area contributed by atoms with E-state index in [1.165, 1.54) is 0 Å². The molecule has 1 aromatic heterocycles. The number of piperidine rings is 1. The van der Waals surface area contributed by atoms with Gasteiger partial charge in [-0.15, -0.1) is 0 Å². The number of oxazole rings is 1. The zero-order chi connectivity index (χ0) is 20.9. The summed E-state index contributed by atoms with van der Waals surface area (Å²) < 4.78 is 11.5. The number of nitrogens with zero attached hydrogens (tertiary/aromatic N) is 2. The predicted molar refractivity (Wildman–Crippen MR) is 116 cm³/mol. The van der Waals surface area contributed by atoms with E-state index in [0.717, 1.165) is 41.9 Å². The number of hydrogen-bond donors (Lipinski definition) is 0. The molecular weight excluding hydrogens is 400 g/mol. The van der Waals surface area contributed by atoms with Crippen LogP contribution < -0.4 is 4.74 Å². The van der Waals surface area contributed by atoms with Gasteiger partial charge in [0.15, 0.2) is 0 Å². The van der Waals surface area contributed by atoms with Crippen molar-refractivity contribution in [2.45, 2.75) is 38.1 Å². The van der Waals surface area contributed by atoms with Crippen LogP contribution in [0, 0.1) is 0 Å². The van der Waals surface area contributed by atoms with E-state index in [4.69, 9.17) is 20.8 Å². The van der Waals surface area contributed by atoms with Crippen molar-refractivity contribution < 1.29 is 13.9 Å². The van der Waals surface area contributed by atoms with Gasteiger partial charge in [-0.25, -0.2) is 4.98 Å². The normalized spacial score (nSPS) is 16.5. The molecule has 1 fully saturated rings. The van der Waals surface area contributed by atoms with Crippen LogP contribution in [0.2, 0.25) is 5.02 Å². The molecule has 2 heterocycles. The van der Waals surface area contributed by atoms with Crippen molar-refractivity contribution >= 4 is 17.5 Å². The second-order valence-electron chi connectivity index (χ2n) is 7.52. The van der Waals surface area contributed by atoms with Crippen LogP contribution in [0.5, 0.6) is 5.75 Å². The van der Waals surface area contributed by atoms with E-state index >= 15 is 0 Å². The lowest BCUT2D eigenvalue weighted by Crippen LogP contribution is -2.39. The van der Waals surface area contributed by atoms with Crippen LogP contribution in [0.1, 0.15) is 48.1 Å². The molecule has 0 spiro atoms. The molecule has 4 rings (SSSR count).